The van der Waals surface area contributed by atoms with E-state index in [4.69, 9.17) is 0 Å². The smallest absolute Gasteiger partial charge is 0.0323 e. The molecular formula is C13H26. The van der Waals surface area contributed by atoms with E-state index in [0.717, 1.165) is 23.7 Å². The summed E-state index contributed by atoms with van der Waals surface area (Å²) in [5, 5.41) is 0. The van der Waals surface area contributed by atoms with Gasteiger partial charge in [0.05, 0.1) is 0 Å². The van der Waals surface area contributed by atoms with Crippen molar-refractivity contribution in [3.05, 3.63) is 0 Å². The second-order valence-corrected chi connectivity index (χ2v) is 6.15. The molecule has 1 fully saturated rings. The molecule has 4 atom stereocenters. The average molecular weight is 182 g/mol. The van der Waals surface area contributed by atoms with Crippen LogP contribution in [0.5, 0.6) is 0 Å². The van der Waals surface area contributed by atoms with Crippen LogP contribution in [0.25, 0.3) is 0 Å². The van der Waals surface area contributed by atoms with E-state index >= 15 is 0 Å². The first-order valence-electron chi connectivity index (χ1n) is 5.84. The first-order chi connectivity index (χ1) is 5.84. The van der Waals surface area contributed by atoms with Gasteiger partial charge in [-0.15, -0.1) is 0 Å². The summed E-state index contributed by atoms with van der Waals surface area (Å²) < 4.78 is 0. The summed E-state index contributed by atoms with van der Waals surface area (Å²) in [5.74, 6) is 3.59. The van der Waals surface area contributed by atoms with E-state index in [1.54, 1.807) is 0 Å². The van der Waals surface area contributed by atoms with Gasteiger partial charge in [0.25, 0.3) is 0 Å². The van der Waals surface area contributed by atoms with Crippen molar-refractivity contribution < 1.29 is 0 Å². The standard InChI is InChI=1S/C13H26/c1-9-7-10(2)12(4)13(5,6)8-11(9)3/h9-12H,7-8H2,1-6H3. The lowest BCUT2D eigenvalue weighted by atomic mass is 9.71. The van der Waals surface area contributed by atoms with Crippen LogP contribution in [0.1, 0.15) is 54.4 Å². The maximum atomic E-state index is 2.45. The molecule has 0 aliphatic heterocycles. The van der Waals surface area contributed by atoms with Gasteiger partial charge in [-0.2, -0.15) is 0 Å². The molecule has 0 amide bonds. The third-order valence-electron chi connectivity index (χ3n) is 4.65. The van der Waals surface area contributed by atoms with Crippen LogP contribution >= 0.6 is 0 Å². The zero-order valence-corrected chi connectivity index (χ0v) is 10.2. The third kappa shape index (κ3) is 2.27. The summed E-state index contributed by atoms with van der Waals surface area (Å²) in [4.78, 5) is 0. The third-order valence-corrected chi connectivity index (χ3v) is 4.65. The van der Waals surface area contributed by atoms with Gasteiger partial charge in [0.1, 0.15) is 0 Å². The fraction of sp³-hybridized carbons (Fsp3) is 1.00. The van der Waals surface area contributed by atoms with E-state index in [1.165, 1.54) is 12.8 Å². The Hall–Kier alpha value is 0. The van der Waals surface area contributed by atoms with Crippen LogP contribution in [0.4, 0.5) is 0 Å². The Morgan fingerprint density at radius 1 is 0.846 bits per heavy atom. The molecule has 0 spiro atoms. The maximum absolute atomic E-state index is 2.45. The summed E-state index contributed by atoms with van der Waals surface area (Å²) in [6, 6.07) is 0. The Bertz CT molecular complexity index is 169. The fourth-order valence-corrected chi connectivity index (χ4v) is 3.01. The second kappa shape index (κ2) is 3.63. The predicted octanol–water partition coefficient (Wildman–Crippen LogP) is 4.35. The summed E-state index contributed by atoms with van der Waals surface area (Å²) in [6.07, 6.45) is 2.82. The van der Waals surface area contributed by atoms with Gasteiger partial charge in [0.15, 0.2) is 0 Å². The quantitative estimate of drug-likeness (QED) is 0.489. The van der Waals surface area contributed by atoms with Crippen molar-refractivity contribution in [2.24, 2.45) is 29.1 Å². The molecule has 0 aromatic rings. The number of rotatable bonds is 0. The summed E-state index contributed by atoms with van der Waals surface area (Å²) in [5.41, 5.74) is 0.545. The minimum atomic E-state index is 0.545. The van der Waals surface area contributed by atoms with Crippen LogP contribution in [0.2, 0.25) is 0 Å². The predicted molar refractivity (Wildman–Crippen MR) is 59.7 cm³/mol. The highest BCUT2D eigenvalue weighted by Gasteiger charge is 2.36. The lowest BCUT2D eigenvalue weighted by Gasteiger charge is -2.34. The number of hydrogen-bond donors (Lipinski definition) is 0. The summed E-state index contributed by atoms with van der Waals surface area (Å²) in [7, 11) is 0. The van der Waals surface area contributed by atoms with Crippen molar-refractivity contribution in [2.75, 3.05) is 0 Å². The molecule has 13 heavy (non-hydrogen) atoms. The Labute approximate surface area is 84.1 Å². The van der Waals surface area contributed by atoms with Crippen molar-refractivity contribution in [1.29, 1.82) is 0 Å². The molecule has 0 aromatic carbocycles. The van der Waals surface area contributed by atoms with Gasteiger partial charge in [-0.3, -0.25) is 0 Å². The lowest BCUT2D eigenvalue weighted by Crippen LogP contribution is -2.25. The minimum Gasteiger partial charge on any atom is -0.0622 e. The second-order valence-electron chi connectivity index (χ2n) is 6.15. The van der Waals surface area contributed by atoms with Crippen LogP contribution < -0.4 is 0 Å². The van der Waals surface area contributed by atoms with E-state index in [2.05, 4.69) is 41.5 Å². The highest BCUT2D eigenvalue weighted by Crippen LogP contribution is 2.45. The lowest BCUT2D eigenvalue weighted by molar-refractivity contribution is 0.157. The molecule has 1 aliphatic carbocycles. The van der Waals surface area contributed by atoms with Crippen molar-refractivity contribution in [1.82, 2.24) is 0 Å². The van der Waals surface area contributed by atoms with Gasteiger partial charge < -0.3 is 0 Å². The van der Waals surface area contributed by atoms with Gasteiger partial charge >= 0.3 is 0 Å². The highest BCUT2D eigenvalue weighted by molar-refractivity contribution is 4.86. The molecule has 0 heteroatoms. The summed E-state index contributed by atoms with van der Waals surface area (Å²) >= 11 is 0. The van der Waals surface area contributed by atoms with Crippen molar-refractivity contribution in [3.8, 4) is 0 Å². The highest BCUT2D eigenvalue weighted by atomic mass is 14.4. The van der Waals surface area contributed by atoms with Gasteiger partial charge in [0.2, 0.25) is 0 Å². The van der Waals surface area contributed by atoms with Crippen molar-refractivity contribution in [2.45, 2.75) is 54.4 Å². The zero-order chi connectivity index (χ0) is 10.2. The molecule has 0 radical (unpaired) electrons. The Morgan fingerprint density at radius 2 is 1.38 bits per heavy atom. The van der Waals surface area contributed by atoms with Crippen molar-refractivity contribution in [3.63, 3.8) is 0 Å². The zero-order valence-electron chi connectivity index (χ0n) is 10.2. The van der Waals surface area contributed by atoms with E-state index in [0.29, 0.717) is 5.41 Å². The normalized spacial score (nSPS) is 45.7. The topological polar surface area (TPSA) is 0 Å². The Balaban J connectivity index is 2.81. The first-order valence-corrected chi connectivity index (χ1v) is 5.84. The molecule has 0 aromatic heterocycles. The molecule has 0 saturated heterocycles. The molecule has 1 aliphatic rings. The van der Waals surface area contributed by atoms with E-state index in [-0.39, 0.29) is 0 Å². The largest absolute Gasteiger partial charge is 0.0622 e. The SMILES string of the molecule is CC1CC(C)C(C)C(C)(C)CC1C. The van der Waals surface area contributed by atoms with E-state index in [9.17, 15) is 0 Å². The van der Waals surface area contributed by atoms with Gasteiger partial charge in [-0.25, -0.2) is 0 Å². The molecule has 1 saturated carbocycles. The molecule has 0 bridgehead atoms. The molecule has 4 unspecified atom stereocenters. The average Bonchev–Trinajstić information content (AvgIpc) is 2.05. The van der Waals surface area contributed by atoms with Crippen LogP contribution in [-0.2, 0) is 0 Å². The van der Waals surface area contributed by atoms with Crippen molar-refractivity contribution >= 4 is 0 Å². The van der Waals surface area contributed by atoms with E-state index in [1.807, 2.05) is 0 Å². The Morgan fingerprint density at radius 3 is 1.92 bits per heavy atom. The monoisotopic (exact) mass is 182 g/mol. The molecule has 1 rings (SSSR count). The van der Waals surface area contributed by atoms with Crippen LogP contribution in [-0.4, -0.2) is 0 Å². The molecule has 0 heterocycles. The first kappa shape index (κ1) is 11.1. The fourth-order valence-electron chi connectivity index (χ4n) is 3.01. The summed E-state index contributed by atoms with van der Waals surface area (Å²) in [6.45, 7) is 14.6. The van der Waals surface area contributed by atoms with E-state index < -0.39 is 0 Å². The molecule has 78 valence electrons. The van der Waals surface area contributed by atoms with Gasteiger partial charge in [0, 0.05) is 0 Å². The van der Waals surface area contributed by atoms with Crippen LogP contribution in [0.3, 0.4) is 0 Å². The van der Waals surface area contributed by atoms with Gasteiger partial charge in [-0.05, 0) is 41.9 Å². The molecule has 0 nitrogen and oxygen atoms in total. The number of hydrogen-bond acceptors (Lipinski definition) is 0. The van der Waals surface area contributed by atoms with Gasteiger partial charge in [-0.1, -0.05) is 41.5 Å². The van der Waals surface area contributed by atoms with Crippen LogP contribution in [0, 0.1) is 29.1 Å². The maximum Gasteiger partial charge on any atom is -0.0323 e. The molecule has 0 N–H and O–H groups in total. The Kier molecular flexibility index (Phi) is 3.09. The molecular weight excluding hydrogens is 156 g/mol. The minimum absolute atomic E-state index is 0.545. The van der Waals surface area contributed by atoms with Crippen LogP contribution in [0.15, 0.2) is 0 Å².